The van der Waals surface area contributed by atoms with E-state index < -0.39 is 0 Å². The van der Waals surface area contributed by atoms with E-state index in [2.05, 4.69) is 0 Å². The van der Waals surface area contributed by atoms with E-state index in [0.29, 0.717) is 27.3 Å². The molecule has 0 unspecified atom stereocenters. The molecule has 0 radical (unpaired) electrons. The molecule has 1 amide bonds. The van der Waals surface area contributed by atoms with E-state index in [9.17, 15) is 4.79 Å². The van der Waals surface area contributed by atoms with Crippen molar-refractivity contribution in [3.8, 4) is 5.75 Å². The van der Waals surface area contributed by atoms with Crippen LogP contribution in [0.25, 0.3) is 0 Å². The van der Waals surface area contributed by atoms with E-state index in [1.807, 2.05) is 19.1 Å². The first-order chi connectivity index (χ1) is 9.19. The molecule has 0 atom stereocenters. The molecule has 1 aromatic carbocycles. The van der Waals surface area contributed by atoms with Crippen LogP contribution in [0.1, 0.15) is 6.92 Å². The molecule has 100 valence electrons. The number of rotatable bonds is 4. The van der Waals surface area contributed by atoms with E-state index >= 15 is 0 Å². The van der Waals surface area contributed by atoms with Crippen molar-refractivity contribution in [2.75, 3.05) is 18.6 Å². The fraction of sp³-hybridized carbons (Fsp3) is 0.231. The largest absolute Gasteiger partial charge is 0.500 e. The van der Waals surface area contributed by atoms with E-state index in [-0.39, 0.29) is 5.91 Å². The average Bonchev–Trinajstić information content (AvgIpc) is 2.71. The van der Waals surface area contributed by atoms with Gasteiger partial charge in [-0.25, -0.2) is 0 Å². The number of hydrogen-bond acceptors (Lipinski definition) is 5. The first kappa shape index (κ1) is 13.9. The second kappa shape index (κ2) is 6.08. The molecule has 1 aliphatic rings. The lowest BCUT2D eigenvalue weighted by Gasteiger charge is -2.17. The Labute approximate surface area is 121 Å². The Morgan fingerprint density at radius 3 is 2.84 bits per heavy atom. The minimum absolute atomic E-state index is 0.187. The minimum atomic E-state index is -0.187. The summed E-state index contributed by atoms with van der Waals surface area (Å²) >= 11 is 6.47. The van der Waals surface area contributed by atoms with Crippen LogP contribution < -0.4 is 9.64 Å². The maximum absolute atomic E-state index is 12.3. The maximum Gasteiger partial charge on any atom is 0.274 e. The smallest absolute Gasteiger partial charge is 0.274 e. The number of benzene rings is 1. The molecule has 1 heterocycles. The third-order valence-corrected chi connectivity index (χ3v) is 3.76. The van der Waals surface area contributed by atoms with Crippen LogP contribution in [0.3, 0.4) is 0 Å². The highest BCUT2D eigenvalue weighted by Gasteiger charge is 2.35. The third kappa shape index (κ3) is 2.74. The molecule has 0 aromatic heterocycles. The van der Waals surface area contributed by atoms with Gasteiger partial charge in [-0.3, -0.25) is 9.69 Å². The number of methoxy groups -OCH3 is 1. The predicted octanol–water partition coefficient (Wildman–Crippen LogP) is 2.94. The summed E-state index contributed by atoms with van der Waals surface area (Å²) < 4.78 is 10.9. The number of thiocarbonyl (C=S) groups is 1. The van der Waals surface area contributed by atoms with Crippen molar-refractivity contribution in [2.45, 2.75) is 6.92 Å². The molecule has 1 aliphatic heterocycles. The number of anilines is 1. The Morgan fingerprint density at radius 2 is 2.16 bits per heavy atom. The lowest BCUT2D eigenvalue weighted by molar-refractivity contribution is -0.113. The van der Waals surface area contributed by atoms with Crippen molar-refractivity contribution >= 4 is 39.9 Å². The first-order valence-electron chi connectivity index (χ1n) is 5.70. The van der Waals surface area contributed by atoms with Gasteiger partial charge >= 0.3 is 0 Å². The molecule has 0 aliphatic carbocycles. The lowest BCUT2D eigenvalue weighted by Crippen LogP contribution is -2.27. The number of carbonyl (C=O) groups is 1. The monoisotopic (exact) mass is 295 g/mol. The summed E-state index contributed by atoms with van der Waals surface area (Å²) in [6.07, 6.45) is 1.45. The van der Waals surface area contributed by atoms with E-state index in [4.69, 9.17) is 21.7 Å². The van der Waals surface area contributed by atoms with Crippen LogP contribution in [0, 0.1) is 0 Å². The van der Waals surface area contributed by atoms with Gasteiger partial charge in [0.15, 0.2) is 4.32 Å². The zero-order valence-corrected chi connectivity index (χ0v) is 12.2. The van der Waals surface area contributed by atoms with E-state index in [1.165, 1.54) is 22.9 Å². The SMILES string of the molecule is CCO/C=C1/SC(=S)N(c2ccccc2OC)C1=O. The zero-order valence-electron chi connectivity index (χ0n) is 10.6. The molecule has 19 heavy (non-hydrogen) atoms. The highest BCUT2D eigenvalue weighted by atomic mass is 32.2. The third-order valence-electron chi connectivity index (χ3n) is 2.48. The topological polar surface area (TPSA) is 38.8 Å². The van der Waals surface area contributed by atoms with Crippen molar-refractivity contribution < 1.29 is 14.3 Å². The summed E-state index contributed by atoms with van der Waals surface area (Å²) in [4.78, 5) is 14.3. The molecule has 0 bridgehead atoms. The molecular weight excluding hydrogens is 282 g/mol. The molecule has 0 N–H and O–H groups in total. The minimum Gasteiger partial charge on any atom is -0.500 e. The molecule has 2 rings (SSSR count). The van der Waals surface area contributed by atoms with Gasteiger partial charge in [0.2, 0.25) is 0 Å². The summed E-state index contributed by atoms with van der Waals surface area (Å²) in [5, 5.41) is 0. The zero-order chi connectivity index (χ0) is 13.8. The Bertz CT molecular complexity index is 542. The quantitative estimate of drug-likeness (QED) is 0.485. The summed E-state index contributed by atoms with van der Waals surface area (Å²) in [5.74, 6) is 0.421. The van der Waals surface area contributed by atoms with Crippen molar-refractivity contribution in [1.29, 1.82) is 0 Å². The van der Waals surface area contributed by atoms with Crippen molar-refractivity contribution in [1.82, 2.24) is 0 Å². The van der Waals surface area contributed by atoms with Crippen LogP contribution in [-0.2, 0) is 9.53 Å². The number of ether oxygens (including phenoxy) is 2. The number of nitrogens with zero attached hydrogens (tertiary/aromatic N) is 1. The molecular formula is C13H13NO3S2. The Morgan fingerprint density at radius 1 is 1.42 bits per heavy atom. The number of thioether (sulfide) groups is 1. The molecule has 1 saturated heterocycles. The van der Waals surface area contributed by atoms with Gasteiger partial charge in [-0.2, -0.15) is 0 Å². The maximum atomic E-state index is 12.3. The van der Waals surface area contributed by atoms with Gasteiger partial charge in [0, 0.05) is 0 Å². The fourth-order valence-corrected chi connectivity index (χ4v) is 2.84. The van der Waals surface area contributed by atoms with Crippen molar-refractivity contribution in [2.24, 2.45) is 0 Å². The fourth-order valence-electron chi connectivity index (χ4n) is 1.63. The standard InChI is InChI=1S/C13H13NO3S2/c1-3-17-8-11-12(15)14(13(18)19-11)9-6-4-5-7-10(9)16-2/h4-8H,3H2,1-2H3/b11-8+. The van der Waals surface area contributed by atoms with Gasteiger partial charge in [0.1, 0.15) is 16.9 Å². The molecule has 6 heteroatoms. The van der Waals surface area contributed by atoms with Gasteiger partial charge < -0.3 is 9.47 Å². The Kier molecular flexibility index (Phi) is 4.44. The van der Waals surface area contributed by atoms with Gasteiger partial charge in [-0.15, -0.1) is 0 Å². The van der Waals surface area contributed by atoms with Crippen LogP contribution in [0.15, 0.2) is 35.4 Å². The summed E-state index contributed by atoms with van der Waals surface area (Å²) in [5.41, 5.74) is 0.646. The van der Waals surface area contributed by atoms with Crippen molar-refractivity contribution in [3.63, 3.8) is 0 Å². The van der Waals surface area contributed by atoms with Crippen LogP contribution in [0.2, 0.25) is 0 Å². The van der Waals surface area contributed by atoms with E-state index in [1.54, 1.807) is 19.2 Å². The van der Waals surface area contributed by atoms with Crippen molar-refractivity contribution in [3.05, 3.63) is 35.4 Å². The number of para-hydroxylation sites is 2. The van der Waals surface area contributed by atoms with Crippen LogP contribution >= 0.6 is 24.0 Å². The number of amides is 1. The Hall–Kier alpha value is -1.53. The van der Waals surface area contributed by atoms with Gasteiger partial charge in [-0.1, -0.05) is 36.1 Å². The molecule has 1 aromatic rings. The highest BCUT2D eigenvalue weighted by Crippen LogP contribution is 2.38. The van der Waals surface area contributed by atoms with Gasteiger partial charge in [0.25, 0.3) is 5.91 Å². The molecule has 4 nitrogen and oxygen atoms in total. The predicted molar refractivity (Wildman–Crippen MR) is 80.4 cm³/mol. The van der Waals surface area contributed by atoms with Gasteiger partial charge in [0.05, 0.1) is 19.4 Å². The lowest BCUT2D eigenvalue weighted by atomic mass is 10.2. The van der Waals surface area contributed by atoms with Crippen LogP contribution in [-0.4, -0.2) is 23.9 Å². The summed E-state index contributed by atoms with van der Waals surface area (Å²) in [6.45, 7) is 2.37. The molecule has 0 saturated carbocycles. The van der Waals surface area contributed by atoms with Crippen LogP contribution in [0.4, 0.5) is 5.69 Å². The van der Waals surface area contributed by atoms with E-state index in [0.717, 1.165) is 0 Å². The summed E-state index contributed by atoms with van der Waals surface area (Å²) in [7, 11) is 1.56. The molecule has 0 spiro atoms. The first-order valence-corrected chi connectivity index (χ1v) is 6.92. The van der Waals surface area contributed by atoms with Crippen LogP contribution in [0.5, 0.6) is 5.75 Å². The average molecular weight is 295 g/mol. The normalized spacial score (nSPS) is 17.2. The second-order valence-electron chi connectivity index (χ2n) is 3.62. The highest BCUT2D eigenvalue weighted by molar-refractivity contribution is 8.27. The molecule has 1 fully saturated rings. The number of hydrogen-bond donors (Lipinski definition) is 0. The second-order valence-corrected chi connectivity index (χ2v) is 5.29. The van der Waals surface area contributed by atoms with Gasteiger partial charge in [-0.05, 0) is 19.1 Å². The summed E-state index contributed by atoms with van der Waals surface area (Å²) in [6, 6.07) is 7.27. The Balaban J connectivity index is 2.35. The number of carbonyl (C=O) groups excluding carboxylic acids is 1.